The van der Waals surface area contributed by atoms with Gasteiger partial charge in [-0.15, -0.1) is 0 Å². The number of nitrogens with zero attached hydrogens (tertiary/aromatic N) is 2. The zero-order chi connectivity index (χ0) is 22.0. The van der Waals surface area contributed by atoms with E-state index in [1.165, 1.54) is 0 Å². The molecule has 0 unspecified atom stereocenters. The van der Waals surface area contributed by atoms with E-state index < -0.39 is 5.91 Å². The summed E-state index contributed by atoms with van der Waals surface area (Å²) in [7, 11) is 0. The number of carbonyl (C=O) groups excluding carboxylic acids is 1. The van der Waals surface area contributed by atoms with Crippen LogP contribution < -0.4 is 5.32 Å². The van der Waals surface area contributed by atoms with Crippen molar-refractivity contribution in [2.45, 2.75) is 20.8 Å². The molecule has 1 amide bonds. The predicted molar refractivity (Wildman–Crippen MR) is 126 cm³/mol. The molecule has 0 radical (unpaired) electrons. The third kappa shape index (κ3) is 3.99. The monoisotopic (exact) mass is 405 g/mol. The molecule has 4 nitrogen and oxygen atoms in total. The lowest BCUT2D eigenvalue weighted by atomic mass is 10.1. The summed E-state index contributed by atoms with van der Waals surface area (Å²) < 4.78 is 2.15. The summed E-state index contributed by atoms with van der Waals surface area (Å²) >= 11 is 0. The number of rotatable bonds is 4. The smallest absolute Gasteiger partial charge is 0.266 e. The van der Waals surface area contributed by atoms with Crippen molar-refractivity contribution < 1.29 is 4.79 Å². The van der Waals surface area contributed by atoms with Gasteiger partial charge in [0, 0.05) is 22.8 Å². The summed E-state index contributed by atoms with van der Waals surface area (Å²) in [5.41, 5.74) is 5.87. The summed E-state index contributed by atoms with van der Waals surface area (Å²) in [5.74, 6) is -0.418. The van der Waals surface area contributed by atoms with Crippen molar-refractivity contribution in [3.05, 3.63) is 101 Å². The third-order valence-electron chi connectivity index (χ3n) is 5.50. The van der Waals surface area contributed by atoms with Crippen LogP contribution in [0.25, 0.3) is 22.5 Å². The Kier molecular flexibility index (Phi) is 5.43. The normalized spacial score (nSPS) is 11.4. The van der Waals surface area contributed by atoms with Crippen molar-refractivity contribution in [1.29, 1.82) is 5.26 Å². The maximum absolute atomic E-state index is 12.8. The number of nitriles is 1. The Morgan fingerprint density at radius 1 is 0.935 bits per heavy atom. The van der Waals surface area contributed by atoms with Crippen molar-refractivity contribution in [1.82, 2.24) is 4.57 Å². The third-order valence-corrected chi connectivity index (χ3v) is 5.50. The van der Waals surface area contributed by atoms with Crippen LogP contribution in [0.15, 0.2) is 78.4 Å². The number of hydrogen-bond acceptors (Lipinski definition) is 2. The zero-order valence-electron chi connectivity index (χ0n) is 17.8. The lowest BCUT2D eigenvalue weighted by Crippen LogP contribution is -2.13. The van der Waals surface area contributed by atoms with Crippen LogP contribution in [0, 0.1) is 32.1 Å². The second-order valence-corrected chi connectivity index (χ2v) is 7.63. The Morgan fingerprint density at radius 2 is 1.65 bits per heavy atom. The van der Waals surface area contributed by atoms with Crippen molar-refractivity contribution in [2.75, 3.05) is 5.32 Å². The van der Waals surface area contributed by atoms with E-state index in [9.17, 15) is 10.1 Å². The summed E-state index contributed by atoms with van der Waals surface area (Å²) in [4.78, 5) is 12.8. The fourth-order valence-corrected chi connectivity index (χ4v) is 3.89. The maximum Gasteiger partial charge on any atom is 0.266 e. The number of carbonyl (C=O) groups is 1. The molecule has 31 heavy (non-hydrogen) atoms. The van der Waals surface area contributed by atoms with Crippen molar-refractivity contribution in [3.63, 3.8) is 0 Å². The average molecular weight is 406 g/mol. The van der Waals surface area contributed by atoms with Crippen LogP contribution in [0.5, 0.6) is 0 Å². The van der Waals surface area contributed by atoms with Gasteiger partial charge in [-0.25, -0.2) is 0 Å². The fourth-order valence-electron chi connectivity index (χ4n) is 3.89. The van der Waals surface area contributed by atoms with E-state index in [2.05, 4.69) is 35.0 Å². The van der Waals surface area contributed by atoms with E-state index in [0.717, 1.165) is 39.0 Å². The number of amides is 1. The van der Waals surface area contributed by atoms with Gasteiger partial charge in [-0.2, -0.15) is 5.26 Å². The van der Waals surface area contributed by atoms with Gasteiger partial charge in [0.1, 0.15) is 11.6 Å². The van der Waals surface area contributed by atoms with E-state index in [1.807, 2.05) is 74.5 Å². The van der Waals surface area contributed by atoms with Crippen molar-refractivity contribution >= 4 is 28.4 Å². The predicted octanol–water partition coefficient (Wildman–Crippen LogP) is 6.10. The second-order valence-electron chi connectivity index (χ2n) is 7.63. The van der Waals surface area contributed by atoms with Crippen LogP contribution >= 0.6 is 0 Å². The highest BCUT2D eigenvalue weighted by Gasteiger charge is 2.15. The van der Waals surface area contributed by atoms with Gasteiger partial charge in [0.2, 0.25) is 0 Å². The summed E-state index contributed by atoms with van der Waals surface area (Å²) in [6, 6.07) is 25.9. The molecule has 0 atom stereocenters. The average Bonchev–Trinajstić information content (AvgIpc) is 3.05. The molecule has 3 aromatic carbocycles. The molecule has 4 aromatic rings. The largest absolute Gasteiger partial charge is 0.321 e. The highest BCUT2D eigenvalue weighted by Crippen LogP contribution is 2.25. The summed E-state index contributed by atoms with van der Waals surface area (Å²) in [6.45, 7) is 6.10. The molecule has 0 spiro atoms. The van der Waals surface area contributed by atoms with E-state index in [0.29, 0.717) is 5.69 Å². The van der Waals surface area contributed by atoms with Crippen LogP contribution in [-0.2, 0) is 4.79 Å². The minimum Gasteiger partial charge on any atom is -0.321 e. The molecule has 4 rings (SSSR count). The second kappa shape index (κ2) is 8.33. The van der Waals surface area contributed by atoms with E-state index >= 15 is 0 Å². The molecule has 152 valence electrons. The highest BCUT2D eigenvalue weighted by molar-refractivity contribution is 6.10. The number of nitrogens with one attached hydrogen (secondary N) is 1. The maximum atomic E-state index is 12.8. The number of aryl methyl sites for hydroxylation is 2. The number of fused-ring (bicyclic) bond motifs is 1. The standard InChI is InChI=1S/C27H23N3O/c1-18-8-4-7-11-26(18)30-19(2)14-23(20(30)3)15-24(17-28)27(31)29-25-13-12-21-9-5-6-10-22(21)16-25/h4-16H,1-3H3,(H,29,31). The van der Waals surface area contributed by atoms with Gasteiger partial charge >= 0.3 is 0 Å². The number of anilines is 1. The molecule has 4 heteroatoms. The first-order valence-electron chi connectivity index (χ1n) is 10.1. The molecule has 0 saturated heterocycles. The SMILES string of the molecule is Cc1ccccc1-n1c(C)cc(C=C(C#N)C(=O)Nc2ccc3ccccc3c2)c1C. The van der Waals surface area contributed by atoms with E-state index in [1.54, 1.807) is 6.08 Å². The first kappa shape index (κ1) is 20.2. The number of para-hydroxylation sites is 1. The van der Waals surface area contributed by atoms with Crippen LogP contribution in [0.2, 0.25) is 0 Å². The van der Waals surface area contributed by atoms with E-state index in [-0.39, 0.29) is 5.57 Å². The van der Waals surface area contributed by atoms with Crippen molar-refractivity contribution in [3.8, 4) is 11.8 Å². The first-order valence-corrected chi connectivity index (χ1v) is 10.1. The Balaban J connectivity index is 1.65. The number of aromatic nitrogens is 1. The highest BCUT2D eigenvalue weighted by atomic mass is 16.1. The molecule has 0 aliphatic rings. The van der Waals surface area contributed by atoms with Gasteiger partial charge in [0.05, 0.1) is 0 Å². The zero-order valence-corrected chi connectivity index (χ0v) is 17.8. The number of benzene rings is 3. The minimum atomic E-state index is -0.418. The van der Waals surface area contributed by atoms with Crippen LogP contribution in [0.4, 0.5) is 5.69 Å². The first-order chi connectivity index (χ1) is 15.0. The van der Waals surface area contributed by atoms with Crippen LogP contribution in [0.1, 0.15) is 22.5 Å². The molecule has 0 bridgehead atoms. The lowest BCUT2D eigenvalue weighted by Gasteiger charge is -2.12. The van der Waals surface area contributed by atoms with Gasteiger partial charge in [-0.05, 0) is 73.0 Å². The Hall–Kier alpha value is -4.10. The number of hydrogen-bond donors (Lipinski definition) is 1. The molecule has 0 saturated carbocycles. The molecule has 1 aromatic heterocycles. The Labute approximate surface area is 182 Å². The van der Waals surface area contributed by atoms with Gasteiger partial charge in [-0.3, -0.25) is 4.79 Å². The summed E-state index contributed by atoms with van der Waals surface area (Å²) in [6.07, 6.45) is 1.66. The van der Waals surface area contributed by atoms with Crippen LogP contribution in [-0.4, -0.2) is 10.5 Å². The molecule has 1 N–H and O–H groups in total. The molecule has 0 aliphatic heterocycles. The Morgan fingerprint density at radius 3 is 2.39 bits per heavy atom. The van der Waals surface area contributed by atoms with Crippen molar-refractivity contribution in [2.24, 2.45) is 0 Å². The molecular weight excluding hydrogens is 382 g/mol. The summed E-state index contributed by atoms with van der Waals surface area (Å²) in [5, 5.41) is 14.6. The van der Waals surface area contributed by atoms with Gasteiger partial charge in [-0.1, -0.05) is 48.5 Å². The van der Waals surface area contributed by atoms with Gasteiger partial charge in [0.25, 0.3) is 5.91 Å². The topological polar surface area (TPSA) is 57.8 Å². The Bertz CT molecular complexity index is 1370. The molecule has 0 fully saturated rings. The lowest BCUT2D eigenvalue weighted by molar-refractivity contribution is -0.112. The van der Waals surface area contributed by atoms with Crippen LogP contribution in [0.3, 0.4) is 0 Å². The fraction of sp³-hybridized carbons (Fsp3) is 0.111. The van der Waals surface area contributed by atoms with E-state index in [4.69, 9.17) is 0 Å². The molecule has 1 heterocycles. The molecular formula is C27H23N3O. The quantitative estimate of drug-likeness (QED) is 0.329. The van der Waals surface area contributed by atoms with Gasteiger partial charge in [0.15, 0.2) is 0 Å². The molecule has 0 aliphatic carbocycles. The van der Waals surface area contributed by atoms with Gasteiger partial charge < -0.3 is 9.88 Å². The minimum absolute atomic E-state index is 0.0678.